The summed E-state index contributed by atoms with van der Waals surface area (Å²) in [4.78, 5) is 0. The minimum Gasteiger partial charge on any atom is -0.490 e. The molecule has 0 saturated carbocycles. The van der Waals surface area contributed by atoms with Crippen molar-refractivity contribution in [2.75, 3.05) is 26.9 Å². The van der Waals surface area contributed by atoms with E-state index in [9.17, 15) is 0 Å². The van der Waals surface area contributed by atoms with Crippen molar-refractivity contribution in [2.45, 2.75) is 20.3 Å². The average molecular weight is 239 g/mol. The fraction of sp³-hybridized carbons (Fsp3) is 0.538. The molecule has 4 nitrogen and oxygen atoms in total. The first-order valence-corrected chi connectivity index (χ1v) is 5.93. The van der Waals surface area contributed by atoms with E-state index in [0.29, 0.717) is 37.0 Å². The zero-order valence-corrected chi connectivity index (χ0v) is 10.8. The highest BCUT2D eigenvalue weighted by atomic mass is 16.5. The lowest BCUT2D eigenvalue weighted by Gasteiger charge is -2.15. The van der Waals surface area contributed by atoms with Gasteiger partial charge in [0.1, 0.15) is 0 Å². The Morgan fingerprint density at radius 2 is 1.59 bits per heavy atom. The lowest BCUT2D eigenvalue weighted by Crippen LogP contribution is -2.05. The van der Waals surface area contributed by atoms with Gasteiger partial charge in [-0.25, -0.2) is 0 Å². The number of nitrogens with two attached hydrogens (primary N) is 1. The summed E-state index contributed by atoms with van der Waals surface area (Å²) in [6.45, 7) is 5.66. The van der Waals surface area contributed by atoms with E-state index in [-0.39, 0.29) is 0 Å². The summed E-state index contributed by atoms with van der Waals surface area (Å²) < 4.78 is 16.4. The lowest BCUT2D eigenvalue weighted by molar-refractivity contribution is 0.281. The third kappa shape index (κ3) is 3.53. The van der Waals surface area contributed by atoms with Crippen LogP contribution in [0.15, 0.2) is 12.1 Å². The summed E-state index contributed by atoms with van der Waals surface area (Å²) in [5.41, 5.74) is 6.66. The molecule has 0 atom stereocenters. The highest BCUT2D eigenvalue weighted by molar-refractivity contribution is 5.54. The van der Waals surface area contributed by atoms with E-state index in [2.05, 4.69) is 0 Å². The highest BCUT2D eigenvalue weighted by Gasteiger charge is 2.13. The molecule has 0 aliphatic heterocycles. The van der Waals surface area contributed by atoms with Crippen molar-refractivity contribution in [1.29, 1.82) is 0 Å². The summed E-state index contributed by atoms with van der Waals surface area (Å²) in [5.74, 6) is 2.07. The zero-order chi connectivity index (χ0) is 12.7. The van der Waals surface area contributed by atoms with Crippen LogP contribution in [0.3, 0.4) is 0 Å². The second-order valence-electron chi connectivity index (χ2n) is 3.53. The molecule has 1 aromatic carbocycles. The molecule has 0 spiro atoms. The fourth-order valence-electron chi connectivity index (χ4n) is 1.67. The average Bonchev–Trinajstić information content (AvgIpc) is 2.30. The Labute approximate surface area is 103 Å². The van der Waals surface area contributed by atoms with Crippen LogP contribution in [0.1, 0.15) is 19.4 Å². The predicted molar refractivity (Wildman–Crippen MR) is 68.1 cm³/mol. The normalized spacial score (nSPS) is 10.1. The number of ether oxygens (including phenoxy) is 3. The van der Waals surface area contributed by atoms with Gasteiger partial charge in [0.25, 0.3) is 0 Å². The molecule has 0 aromatic heterocycles. The molecule has 0 aliphatic carbocycles. The molecule has 0 bridgehead atoms. The summed E-state index contributed by atoms with van der Waals surface area (Å²) >= 11 is 0. The van der Waals surface area contributed by atoms with E-state index in [0.717, 1.165) is 12.0 Å². The van der Waals surface area contributed by atoms with Crippen LogP contribution in [0.5, 0.6) is 17.2 Å². The Hall–Kier alpha value is -1.42. The predicted octanol–water partition coefficient (Wildman–Crippen LogP) is 1.99. The van der Waals surface area contributed by atoms with E-state index < -0.39 is 0 Å². The Balaban J connectivity index is 3.14. The minimum absolute atomic E-state index is 0.591. The molecule has 1 aromatic rings. The summed E-state index contributed by atoms with van der Waals surface area (Å²) in [5, 5.41) is 0. The number of hydrogen-bond donors (Lipinski definition) is 1. The van der Waals surface area contributed by atoms with Crippen LogP contribution in [0.4, 0.5) is 0 Å². The van der Waals surface area contributed by atoms with Gasteiger partial charge >= 0.3 is 0 Å². The van der Waals surface area contributed by atoms with Crippen molar-refractivity contribution in [3.8, 4) is 17.2 Å². The van der Waals surface area contributed by atoms with Gasteiger partial charge in [0.15, 0.2) is 11.5 Å². The van der Waals surface area contributed by atoms with Gasteiger partial charge in [-0.05, 0) is 44.5 Å². The van der Waals surface area contributed by atoms with Crippen molar-refractivity contribution >= 4 is 0 Å². The Morgan fingerprint density at radius 3 is 1.94 bits per heavy atom. The smallest absolute Gasteiger partial charge is 0.203 e. The summed E-state index contributed by atoms with van der Waals surface area (Å²) in [6.07, 6.45) is 0.796. The monoisotopic (exact) mass is 239 g/mol. The maximum atomic E-state index is 5.57. The van der Waals surface area contributed by atoms with Crippen LogP contribution in [0.2, 0.25) is 0 Å². The molecule has 0 saturated heterocycles. The molecular weight excluding hydrogens is 218 g/mol. The van der Waals surface area contributed by atoms with E-state index in [4.69, 9.17) is 19.9 Å². The lowest BCUT2D eigenvalue weighted by atomic mass is 10.1. The molecule has 0 amide bonds. The molecule has 4 heteroatoms. The van der Waals surface area contributed by atoms with Gasteiger partial charge in [-0.15, -0.1) is 0 Å². The molecule has 0 radical (unpaired) electrons. The minimum atomic E-state index is 0.591. The molecule has 0 fully saturated rings. The Morgan fingerprint density at radius 1 is 1.06 bits per heavy atom. The first-order valence-electron chi connectivity index (χ1n) is 5.93. The van der Waals surface area contributed by atoms with E-state index >= 15 is 0 Å². The molecule has 96 valence electrons. The molecule has 0 heterocycles. The van der Waals surface area contributed by atoms with Crippen LogP contribution in [0, 0.1) is 0 Å². The highest BCUT2D eigenvalue weighted by Crippen LogP contribution is 2.38. The van der Waals surface area contributed by atoms with Gasteiger partial charge in [-0.3, -0.25) is 0 Å². The van der Waals surface area contributed by atoms with Crippen molar-refractivity contribution in [3.63, 3.8) is 0 Å². The summed E-state index contributed by atoms with van der Waals surface area (Å²) in [7, 11) is 1.61. The second kappa shape index (κ2) is 7.01. The zero-order valence-electron chi connectivity index (χ0n) is 10.8. The molecule has 2 N–H and O–H groups in total. The van der Waals surface area contributed by atoms with E-state index in [1.165, 1.54) is 0 Å². The SMILES string of the molecule is CCOc1cc(CCN)cc(OCC)c1OC. The molecule has 17 heavy (non-hydrogen) atoms. The first-order chi connectivity index (χ1) is 8.26. The third-order valence-electron chi connectivity index (χ3n) is 2.32. The van der Waals surface area contributed by atoms with Gasteiger partial charge in [0.2, 0.25) is 5.75 Å². The Kier molecular flexibility index (Phi) is 5.63. The maximum absolute atomic E-state index is 5.57. The van der Waals surface area contributed by atoms with Crippen LogP contribution in [0.25, 0.3) is 0 Å². The van der Waals surface area contributed by atoms with Crippen molar-refractivity contribution < 1.29 is 14.2 Å². The number of methoxy groups -OCH3 is 1. The quantitative estimate of drug-likeness (QED) is 0.790. The molecule has 1 rings (SSSR count). The number of benzene rings is 1. The van der Waals surface area contributed by atoms with E-state index in [1.807, 2.05) is 26.0 Å². The van der Waals surface area contributed by atoms with Crippen molar-refractivity contribution in [2.24, 2.45) is 5.73 Å². The standard InChI is InChI=1S/C13H21NO3/c1-4-16-11-8-10(6-7-14)9-12(17-5-2)13(11)15-3/h8-9H,4-7,14H2,1-3H3. The van der Waals surface area contributed by atoms with Gasteiger partial charge in [0, 0.05) is 0 Å². The first kappa shape index (κ1) is 13.6. The van der Waals surface area contributed by atoms with Gasteiger partial charge < -0.3 is 19.9 Å². The second-order valence-corrected chi connectivity index (χ2v) is 3.53. The van der Waals surface area contributed by atoms with Gasteiger partial charge in [-0.1, -0.05) is 0 Å². The van der Waals surface area contributed by atoms with Gasteiger partial charge in [-0.2, -0.15) is 0 Å². The van der Waals surface area contributed by atoms with Crippen LogP contribution < -0.4 is 19.9 Å². The fourth-order valence-corrected chi connectivity index (χ4v) is 1.67. The van der Waals surface area contributed by atoms with Crippen molar-refractivity contribution in [3.05, 3.63) is 17.7 Å². The van der Waals surface area contributed by atoms with Crippen LogP contribution in [-0.4, -0.2) is 26.9 Å². The number of rotatable bonds is 7. The topological polar surface area (TPSA) is 53.7 Å². The van der Waals surface area contributed by atoms with Crippen LogP contribution in [-0.2, 0) is 6.42 Å². The van der Waals surface area contributed by atoms with Gasteiger partial charge in [0.05, 0.1) is 20.3 Å². The third-order valence-corrected chi connectivity index (χ3v) is 2.32. The number of hydrogen-bond acceptors (Lipinski definition) is 4. The molecule has 0 unspecified atom stereocenters. The van der Waals surface area contributed by atoms with E-state index in [1.54, 1.807) is 7.11 Å². The molecular formula is C13H21NO3. The molecule has 0 aliphatic rings. The van der Waals surface area contributed by atoms with Crippen LogP contribution >= 0.6 is 0 Å². The van der Waals surface area contributed by atoms with Crippen molar-refractivity contribution in [1.82, 2.24) is 0 Å². The summed E-state index contributed by atoms with van der Waals surface area (Å²) in [6, 6.07) is 3.91. The Bertz CT molecular complexity index is 326. The maximum Gasteiger partial charge on any atom is 0.203 e. The largest absolute Gasteiger partial charge is 0.490 e.